The molecule has 1 spiro atoms. The van der Waals surface area contributed by atoms with E-state index >= 15 is 0 Å². The van der Waals surface area contributed by atoms with Gasteiger partial charge in [0.25, 0.3) is 0 Å². The maximum Gasteiger partial charge on any atom is 0.410 e. The minimum Gasteiger partial charge on any atom is -0.493 e. The molecule has 0 atom stereocenters. The first-order valence-electron chi connectivity index (χ1n) is 10.0. The highest BCUT2D eigenvalue weighted by Gasteiger charge is 2.46. The van der Waals surface area contributed by atoms with Crippen LogP contribution in [-0.2, 0) is 4.74 Å². The lowest BCUT2D eigenvalue weighted by atomic mass is 9.57. The van der Waals surface area contributed by atoms with E-state index in [1.165, 1.54) is 12.8 Å². The summed E-state index contributed by atoms with van der Waals surface area (Å²) in [5.41, 5.74) is 1.20. The van der Waals surface area contributed by atoms with E-state index in [0.29, 0.717) is 5.41 Å². The lowest BCUT2D eigenvalue weighted by Crippen LogP contribution is -2.49. The zero-order valence-electron chi connectivity index (χ0n) is 17.0. The standard InChI is InChI=1S/C22H32BrNO3/c1-16-18(23)6-5-7-19(16)26-13-8-17-14-22(15-17)9-11-24(12-10-22)20(25)27-21(2,3)4/h5-7,17H,8-15H2,1-4H3. The molecule has 1 saturated carbocycles. The molecule has 1 heterocycles. The van der Waals surface area contributed by atoms with Crippen LogP contribution in [0.5, 0.6) is 5.75 Å². The highest BCUT2D eigenvalue weighted by molar-refractivity contribution is 9.10. The number of hydrogen-bond donors (Lipinski definition) is 0. The number of nitrogens with zero attached hydrogens (tertiary/aromatic N) is 1. The van der Waals surface area contributed by atoms with Gasteiger partial charge >= 0.3 is 6.09 Å². The molecule has 1 aliphatic carbocycles. The van der Waals surface area contributed by atoms with Crippen molar-refractivity contribution in [1.29, 1.82) is 0 Å². The Bertz CT molecular complexity index is 667. The predicted molar refractivity (Wildman–Crippen MR) is 111 cm³/mol. The van der Waals surface area contributed by atoms with Crippen molar-refractivity contribution in [3.8, 4) is 5.75 Å². The Kier molecular flexibility index (Phi) is 6.09. The van der Waals surface area contributed by atoms with E-state index in [0.717, 1.165) is 60.7 Å². The molecule has 1 amide bonds. The number of benzene rings is 1. The largest absolute Gasteiger partial charge is 0.493 e. The summed E-state index contributed by atoms with van der Waals surface area (Å²) in [5.74, 6) is 1.73. The second kappa shape index (κ2) is 8.02. The van der Waals surface area contributed by atoms with E-state index in [9.17, 15) is 4.79 Å². The number of piperidine rings is 1. The Morgan fingerprint density at radius 1 is 1.26 bits per heavy atom. The van der Waals surface area contributed by atoms with Crippen molar-refractivity contribution in [3.63, 3.8) is 0 Å². The van der Waals surface area contributed by atoms with Crippen molar-refractivity contribution in [2.24, 2.45) is 11.3 Å². The normalized spacial score (nSPS) is 19.7. The van der Waals surface area contributed by atoms with Gasteiger partial charge in [-0.05, 0) is 83.3 Å². The lowest BCUT2D eigenvalue weighted by molar-refractivity contribution is -0.0315. The Hall–Kier alpha value is -1.23. The highest BCUT2D eigenvalue weighted by atomic mass is 79.9. The summed E-state index contributed by atoms with van der Waals surface area (Å²) in [4.78, 5) is 14.1. The summed E-state index contributed by atoms with van der Waals surface area (Å²) in [5, 5.41) is 0. The van der Waals surface area contributed by atoms with E-state index in [2.05, 4.69) is 22.9 Å². The van der Waals surface area contributed by atoms with Gasteiger partial charge in [0, 0.05) is 23.1 Å². The molecule has 1 aromatic carbocycles. The number of carbonyl (C=O) groups excluding carboxylic acids is 1. The van der Waals surface area contributed by atoms with Crippen molar-refractivity contribution in [2.75, 3.05) is 19.7 Å². The van der Waals surface area contributed by atoms with Crippen LogP contribution in [0, 0.1) is 18.3 Å². The van der Waals surface area contributed by atoms with E-state index in [4.69, 9.17) is 9.47 Å². The lowest BCUT2D eigenvalue weighted by Gasteiger charge is -2.52. The van der Waals surface area contributed by atoms with Crippen molar-refractivity contribution in [2.45, 2.75) is 65.4 Å². The van der Waals surface area contributed by atoms with E-state index < -0.39 is 5.60 Å². The minimum atomic E-state index is -0.416. The van der Waals surface area contributed by atoms with Crippen LogP contribution in [0.4, 0.5) is 4.79 Å². The monoisotopic (exact) mass is 437 g/mol. The fraction of sp³-hybridized carbons (Fsp3) is 0.682. The first-order valence-corrected chi connectivity index (χ1v) is 10.8. The molecule has 3 rings (SSSR count). The molecular formula is C22H32BrNO3. The third-order valence-electron chi connectivity index (χ3n) is 5.92. The zero-order valence-corrected chi connectivity index (χ0v) is 18.6. The van der Waals surface area contributed by atoms with Crippen LogP contribution in [0.1, 0.15) is 58.4 Å². The molecule has 2 aliphatic rings. The van der Waals surface area contributed by atoms with Gasteiger partial charge in [0.15, 0.2) is 0 Å². The van der Waals surface area contributed by atoms with Crippen molar-refractivity contribution >= 4 is 22.0 Å². The van der Waals surface area contributed by atoms with Gasteiger partial charge in [0.05, 0.1) is 6.61 Å². The first-order chi connectivity index (χ1) is 12.7. The number of ether oxygens (including phenoxy) is 2. The van der Waals surface area contributed by atoms with Crippen LogP contribution in [0.2, 0.25) is 0 Å². The Balaban J connectivity index is 1.37. The molecule has 1 saturated heterocycles. The van der Waals surface area contributed by atoms with Crippen LogP contribution < -0.4 is 4.74 Å². The average Bonchev–Trinajstić information content (AvgIpc) is 2.56. The fourth-order valence-electron chi connectivity index (χ4n) is 4.35. The molecular weight excluding hydrogens is 406 g/mol. The number of halogens is 1. The van der Waals surface area contributed by atoms with Crippen LogP contribution in [0.3, 0.4) is 0 Å². The van der Waals surface area contributed by atoms with Gasteiger partial charge in [-0.15, -0.1) is 0 Å². The van der Waals surface area contributed by atoms with Crippen molar-refractivity contribution < 1.29 is 14.3 Å². The van der Waals surface area contributed by atoms with Gasteiger partial charge in [-0.3, -0.25) is 0 Å². The Morgan fingerprint density at radius 2 is 1.93 bits per heavy atom. The summed E-state index contributed by atoms with van der Waals surface area (Å²) < 4.78 is 12.6. The summed E-state index contributed by atoms with van der Waals surface area (Å²) >= 11 is 3.55. The SMILES string of the molecule is Cc1c(Br)cccc1OCCC1CC2(CCN(C(=O)OC(C)(C)C)CC2)C1. The molecule has 0 unspecified atom stereocenters. The van der Waals surface area contributed by atoms with E-state index in [1.54, 1.807) is 0 Å². The molecule has 1 aliphatic heterocycles. The van der Waals surface area contributed by atoms with E-state index in [-0.39, 0.29) is 6.09 Å². The van der Waals surface area contributed by atoms with Crippen LogP contribution in [0.15, 0.2) is 22.7 Å². The van der Waals surface area contributed by atoms with Gasteiger partial charge in [0.1, 0.15) is 11.4 Å². The summed E-state index contributed by atoms with van der Waals surface area (Å²) in [6.45, 7) is 10.3. The summed E-state index contributed by atoms with van der Waals surface area (Å²) in [7, 11) is 0. The van der Waals surface area contributed by atoms with Gasteiger partial charge in [-0.2, -0.15) is 0 Å². The molecule has 0 N–H and O–H groups in total. The quantitative estimate of drug-likeness (QED) is 0.583. The van der Waals surface area contributed by atoms with Crippen LogP contribution >= 0.6 is 15.9 Å². The maximum atomic E-state index is 12.2. The molecule has 27 heavy (non-hydrogen) atoms. The average molecular weight is 438 g/mol. The van der Waals surface area contributed by atoms with Gasteiger partial charge in [-0.25, -0.2) is 4.79 Å². The number of hydrogen-bond acceptors (Lipinski definition) is 3. The topological polar surface area (TPSA) is 38.8 Å². The molecule has 0 bridgehead atoms. The first kappa shape index (κ1) is 20.5. The Morgan fingerprint density at radius 3 is 2.56 bits per heavy atom. The third-order valence-corrected chi connectivity index (χ3v) is 6.78. The highest BCUT2D eigenvalue weighted by Crippen LogP contribution is 2.53. The molecule has 1 aromatic rings. The molecule has 4 nitrogen and oxygen atoms in total. The molecule has 5 heteroatoms. The number of carbonyl (C=O) groups is 1. The fourth-order valence-corrected chi connectivity index (χ4v) is 4.70. The third kappa shape index (κ3) is 5.18. The second-order valence-corrected chi connectivity index (χ2v) is 10.1. The zero-order chi connectivity index (χ0) is 19.7. The molecule has 0 aromatic heterocycles. The van der Waals surface area contributed by atoms with Crippen molar-refractivity contribution in [3.05, 3.63) is 28.2 Å². The second-order valence-electron chi connectivity index (χ2n) is 9.24. The molecule has 150 valence electrons. The van der Waals surface area contributed by atoms with Gasteiger partial charge < -0.3 is 14.4 Å². The van der Waals surface area contributed by atoms with Crippen LogP contribution in [0.25, 0.3) is 0 Å². The number of rotatable bonds is 4. The Labute approximate surface area is 171 Å². The summed E-state index contributed by atoms with van der Waals surface area (Å²) in [6, 6.07) is 6.10. The minimum absolute atomic E-state index is 0.161. The molecule has 0 radical (unpaired) electrons. The number of likely N-dealkylation sites (tertiary alicyclic amines) is 1. The smallest absolute Gasteiger partial charge is 0.410 e. The maximum absolute atomic E-state index is 12.2. The predicted octanol–water partition coefficient (Wildman–Crippen LogP) is 5.95. The number of amides is 1. The van der Waals surface area contributed by atoms with Gasteiger partial charge in [-0.1, -0.05) is 22.0 Å². The van der Waals surface area contributed by atoms with E-state index in [1.807, 2.05) is 43.9 Å². The summed E-state index contributed by atoms with van der Waals surface area (Å²) in [6.07, 6.45) is 5.71. The van der Waals surface area contributed by atoms with Crippen molar-refractivity contribution in [1.82, 2.24) is 4.90 Å². The molecule has 2 fully saturated rings. The van der Waals surface area contributed by atoms with Gasteiger partial charge in [0.2, 0.25) is 0 Å². The van der Waals surface area contributed by atoms with Crippen LogP contribution in [-0.4, -0.2) is 36.3 Å².